The van der Waals surface area contributed by atoms with Crippen LogP contribution in [0.1, 0.15) is 38.4 Å². The molecule has 1 unspecified atom stereocenters. The van der Waals surface area contributed by atoms with E-state index in [0.29, 0.717) is 27.2 Å². The van der Waals surface area contributed by atoms with Crippen molar-refractivity contribution in [1.29, 1.82) is 0 Å². The predicted octanol–water partition coefficient (Wildman–Crippen LogP) is 7.12. The van der Waals surface area contributed by atoms with Crippen LogP contribution >= 0.6 is 22.9 Å². The molecule has 4 heterocycles. The van der Waals surface area contributed by atoms with Gasteiger partial charge in [-0.3, -0.25) is 19.3 Å². The number of thiazole rings is 1. The average Bonchev–Trinajstić information content (AvgIpc) is 3.60. The van der Waals surface area contributed by atoms with Crippen LogP contribution in [0.3, 0.4) is 0 Å². The molecule has 0 radical (unpaired) electrons. The number of aromatic nitrogens is 1. The highest BCUT2D eigenvalue weighted by molar-refractivity contribution is 7.22. The average molecular weight is 604 g/mol. The molecular weight excluding hydrogens is 582 g/mol. The van der Waals surface area contributed by atoms with Gasteiger partial charge < -0.3 is 9.32 Å². The molecule has 2 amide bonds. The maximum Gasteiger partial charge on any atom is 0.297 e. The Balaban J connectivity index is 1.46. The Morgan fingerprint density at radius 2 is 1.72 bits per heavy atom. The second-order valence-corrected chi connectivity index (χ2v) is 12.4. The summed E-state index contributed by atoms with van der Waals surface area (Å²) < 4.78 is 6.96. The minimum Gasteiger partial charge on any atom is -0.450 e. The van der Waals surface area contributed by atoms with Gasteiger partial charge in [0.2, 0.25) is 5.76 Å². The normalized spacial score (nSPS) is 17.5. The summed E-state index contributed by atoms with van der Waals surface area (Å²) in [7, 11) is 0. The van der Waals surface area contributed by atoms with Crippen molar-refractivity contribution < 1.29 is 14.0 Å². The van der Waals surface area contributed by atoms with E-state index in [1.165, 1.54) is 16.2 Å². The van der Waals surface area contributed by atoms with E-state index in [-0.39, 0.29) is 28.6 Å². The highest BCUT2D eigenvalue weighted by atomic mass is 35.5. The van der Waals surface area contributed by atoms with Gasteiger partial charge in [-0.15, -0.1) is 0 Å². The number of carbonyl (C=O) groups is 2. The fourth-order valence-corrected chi connectivity index (χ4v) is 7.67. The third kappa shape index (κ3) is 3.48. The third-order valence-corrected chi connectivity index (χ3v) is 9.64. The second kappa shape index (κ2) is 9.10. The molecule has 2 aliphatic heterocycles. The summed E-state index contributed by atoms with van der Waals surface area (Å²) in [6, 6.07) is 25.7. The van der Waals surface area contributed by atoms with E-state index in [1.807, 2.05) is 68.4 Å². The first-order chi connectivity index (χ1) is 20.8. The van der Waals surface area contributed by atoms with Crippen LogP contribution in [0.25, 0.3) is 21.2 Å². The quantitative estimate of drug-likeness (QED) is 0.215. The fourth-order valence-electron chi connectivity index (χ4n) is 6.37. The maximum atomic E-state index is 15.1. The molecule has 1 atom stereocenters. The zero-order chi connectivity index (χ0) is 29.6. The number of anilines is 2. The molecule has 0 bridgehead atoms. The van der Waals surface area contributed by atoms with Crippen molar-refractivity contribution in [2.75, 3.05) is 9.80 Å². The predicted molar refractivity (Wildman–Crippen MR) is 168 cm³/mol. The Morgan fingerprint density at radius 3 is 2.56 bits per heavy atom. The Bertz CT molecular complexity index is 2260. The molecule has 0 N–H and O–H groups in total. The van der Waals surface area contributed by atoms with E-state index in [4.69, 9.17) is 21.0 Å². The van der Waals surface area contributed by atoms with E-state index in [0.717, 1.165) is 21.4 Å². The lowest BCUT2D eigenvalue weighted by molar-refractivity contribution is -0.121. The number of hydrogen-bond acceptors (Lipinski definition) is 6. The molecule has 0 saturated carbocycles. The molecule has 210 valence electrons. The first-order valence-electron chi connectivity index (χ1n) is 13.7. The van der Waals surface area contributed by atoms with E-state index in [9.17, 15) is 9.59 Å². The Morgan fingerprint density at radius 1 is 0.930 bits per heavy atom. The molecule has 0 aliphatic carbocycles. The number of aryl methyl sites for hydroxylation is 2. The van der Waals surface area contributed by atoms with Crippen LogP contribution in [0, 0.1) is 13.8 Å². The molecule has 7 nitrogen and oxygen atoms in total. The Kier molecular flexibility index (Phi) is 5.48. The standard InChI is InChI=1S/C34H22ClN3O4S/c1-18-11-14-26-22(15-18)29(39)28-30(42-26)31(40)38(33-36-24-13-12-21(35)16-27(24)43-33)34(28)23-9-5-6-10-25(23)37(32(34)41)17-20-8-4-3-7-19(20)2/h3-16H,17H2,1-2H3. The lowest BCUT2D eigenvalue weighted by Crippen LogP contribution is -2.53. The third-order valence-electron chi connectivity index (χ3n) is 8.40. The van der Waals surface area contributed by atoms with E-state index in [1.54, 1.807) is 35.2 Å². The van der Waals surface area contributed by atoms with Gasteiger partial charge in [-0.2, -0.15) is 0 Å². The highest BCUT2D eigenvalue weighted by Crippen LogP contribution is 2.55. The van der Waals surface area contributed by atoms with Crippen molar-refractivity contribution in [2.24, 2.45) is 0 Å². The lowest BCUT2D eigenvalue weighted by Gasteiger charge is -2.32. The SMILES string of the molecule is Cc1ccc2oc3c(c(=O)c2c1)C1(C(=O)N(Cc2ccccc2C)c2ccccc21)N(c1nc2ccc(Cl)cc2s1)C3=O. The summed E-state index contributed by atoms with van der Waals surface area (Å²) in [4.78, 5) is 51.9. The van der Waals surface area contributed by atoms with Gasteiger partial charge in [0.05, 0.1) is 33.4 Å². The number of benzene rings is 4. The fraction of sp³-hybridized carbons (Fsp3) is 0.118. The first-order valence-corrected chi connectivity index (χ1v) is 14.9. The van der Waals surface area contributed by atoms with Crippen LogP contribution in [-0.2, 0) is 16.9 Å². The van der Waals surface area contributed by atoms with E-state index in [2.05, 4.69) is 0 Å². The number of fused-ring (bicyclic) bond motifs is 6. The van der Waals surface area contributed by atoms with Gasteiger partial charge in [0.15, 0.2) is 16.1 Å². The first kappa shape index (κ1) is 25.9. The molecule has 2 aliphatic rings. The van der Waals surface area contributed by atoms with Gasteiger partial charge >= 0.3 is 0 Å². The molecule has 2 aromatic heterocycles. The number of carbonyl (C=O) groups excluding carboxylic acids is 2. The number of para-hydroxylation sites is 1. The van der Waals surface area contributed by atoms with Crippen molar-refractivity contribution in [3.8, 4) is 0 Å². The molecule has 0 fully saturated rings. The topological polar surface area (TPSA) is 83.7 Å². The van der Waals surface area contributed by atoms with Gasteiger partial charge in [-0.1, -0.05) is 77.0 Å². The number of halogens is 1. The summed E-state index contributed by atoms with van der Waals surface area (Å²) in [5.41, 5.74) is 2.67. The largest absolute Gasteiger partial charge is 0.450 e. The number of hydrogen-bond donors (Lipinski definition) is 0. The molecule has 6 aromatic rings. The molecule has 43 heavy (non-hydrogen) atoms. The maximum absolute atomic E-state index is 15.1. The zero-order valence-corrected chi connectivity index (χ0v) is 24.6. The monoisotopic (exact) mass is 603 g/mol. The summed E-state index contributed by atoms with van der Waals surface area (Å²) in [6.07, 6.45) is 0. The molecule has 1 spiro atoms. The summed E-state index contributed by atoms with van der Waals surface area (Å²) in [5.74, 6) is -1.17. The van der Waals surface area contributed by atoms with Crippen LogP contribution in [0.5, 0.6) is 0 Å². The number of nitrogens with zero attached hydrogens (tertiary/aromatic N) is 3. The van der Waals surface area contributed by atoms with Gasteiger partial charge in [-0.25, -0.2) is 4.98 Å². The van der Waals surface area contributed by atoms with Crippen LogP contribution in [0.2, 0.25) is 5.02 Å². The van der Waals surface area contributed by atoms with E-state index < -0.39 is 22.8 Å². The molecule has 0 saturated heterocycles. The smallest absolute Gasteiger partial charge is 0.297 e. The Hall–Kier alpha value is -4.79. The van der Waals surface area contributed by atoms with Crippen LogP contribution in [0.15, 0.2) is 94.1 Å². The van der Waals surface area contributed by atoms with E-state index >= 15 is 4.79 Å². The highest BCUT2D eigenvalue weighted by Gasteiger charge is 2.66. The summed E-state index contributed by atoms with van der Waals surface area (Å²) in [5, 5.41) is 1.11. The number of rotatable bonds is 3. The summed E-state index contributed by atoms with van der Waals surface area (Å²) in [6.45, 7) is 4.13. The molecular formula is C34H22ClN3O4S. The van der Waals surface area contributed by atoms with Gasteiger partial charge in [0.1, 0.15) is 5.58 Å². The van der Waals surface area contributed by atoms with Crippen LogP contribution in [-0.4, -0.2) is 16.8 Å². The van der Waals surface area contributed by atoms with Gasteiger partial charge in [0, 0.05) is 10.6 Å². The molecule has 4 aromatic carbocycles. The van der Waals surface area contributed by atoms with Crippen molar-refractivity contribution in [2.45, 2.75) is 25.9 Å². The van der Waals surface area contributed by atoms with Gasteiger partial charge in [0.25, 0.3) is 11.8 Å². The van der Waals surface area contributed by atoms with Crippen molar-refractivity contribution in [3.05, 3.63) is 134 Å². The minimum atomic E-state index is -1.82. The van der Waals surface area contributed by atoms with Crippen molar-refractivity contribution in [1.82, 2.24) is 4.98 Å². The van der Waals surface area contributed by atoms with Crippen molar-refractivity contribution in [3.63, 3.8) is 0 Å². The number of amides is 2. The van der Waals surface area contributed by atoms with Crippen molar-refractivity contribution >= 4 is 66.8 Å². The zero-order valence-electron chi connectivity index (χ0n) is 23.1. The second-order valence-electron chi connectivity index (χ2n) is 10.9. The minimum absolute atomic E-state index is 0.0117. The molecule has 8 rings (SSSR count). The summed E-state index contributed by atoms with van der Waals surface area (Å²) >= 11 is 7.52. The van der Waals surface area contributed by atoms with Crippen LogP contribution < -0.4 is 15.2 Å². The van der Waals surface area contributed by atoms with Crippen LogP contribution in [0.4, 0.5) is 10.8 Å². The van der Waals surface area contributed by atoms with Gasteiger partial charge in [-0.05, 0) is 61.4 Å². The lowest BCUT2D eigenvalue weighted by atomic mass is 9.84. The molecule has 9 heteroatoms. The Labute approximate surface area is 254 Å².